The molecular formula is C19H17ClN6O. The minimum Gasteiger partial charge on any atom is -0.382 e. The molecule has 2 heterocycles. The van der Waals surface area contributed by atoms with Crippen LogP contribution >= 0.6 is 11.6 Å². The number of hydrogen-bond acceptors (Lipinski definition) is 6. The Morgan fingerprint density at radius 1 is 1.04 bits per heavy atom. The van der Waals surface area contributed by atoms with Crippen LogP contribution in [0.5, 0.6) is 0 Å². The maximum atomic E-state index is 6.23. The molecule has 0 saturated heterocycles. The Kier molecular flexibility index (Phi) is 4.37. The number of nitrogens with zero attached hydrogens (tertiary/aromatic N) is 5. The first-order valence-corrected chi connectivity index (χ1v) is 8.82. The summed E-state index contributed by atoms with van der Waals surface area (Å²) in [5.74, 6) is 1.42. The summed E-state index contributed by atoms with van der Waals surface area (Å²) in [5.41, 5.74) is 9.40. The van der Waals surface area contributed by atoms with Crippen LogP contribution in [-0.4, -0.2) is 25.1 Å². The predicted octanol–water partition coefficient (Wildman–Crippen LogP) is 4.34. The van der Waals surface area contributed by atoms with E-state index in [1.54, 1.807) is 16.8 Å². The molecule has 7 nitrogen and oxygen atoms in total. The van der Waals surface area contributed by atoms with Crippen LogP contribution < -0.4 is 5.73 Å². The number of hydrogen-bond donors (Lipinski definition) is 1. The van der Waals surface area contributed by atoms with Gasteiger partial charge in [-0.1, -0.05) is 48.0 Å². The Labute approximate surface area is 160 Å². The Balaban J connectivity index is 1.65. The zero-order chi connectivity index (χ0) is 19.0. The van der Waals surface area contributed by atoms with Gasteiger partial charge in [-0.15, -0.1) is 5.10 Å². The molecule has 2 aromatic heterocycles. The van der Waals surface area contributed by atoms with E-state index in [0.29, 0.717) is 28.3 Å². The van der Waals surface area contributed by atoms with E-state index in [4.69, 9.17) is 21.9 Å². The first-order chi connectivity index (χ1) is 13.0. The van der Waals surface area contributed by atoms with Crippen molar-refractivity contribution in [3.05, 3.63) is 59.1 Å². The molecule has 0 spiro atoms. The van der Waals surface area contributed by atoms with E-state index in [2.05, 4.69) is 34.3 Å². The predicted molar refractivity (Wildman–Crippen MR) is 104 cm³/mol. The summed E-state index contributed by atoms with van der Waals surface area (Å²) >= 11 is 5.91. The number of aromatic nitrogens is 5. The first kappa shape index (κ1) is 17.2. The molecule has 2 N–H and O–H groups in total. The highest BCUT2D eigenvalue weighted by atomic mass is 35.5. The second-order valence-electron chi connectivity index (χ2n) is 6.41. The van der Waals surface area contributed by atoms with Gasteiger partial charge in [0.05, 0.1) is 5.69 Å². The summed E-state index contributed by atoms with van der Waals surface area (Å²) in [5, 5.41) is 12.9. The van der Waals surface area contributed by atoms with Crippen molar-refractivity contribution in [2.24, 2.45) is 0 Å². The summed E-state index contributed by atoms with van der Waals surface area (Å²) in [6.07, 6.45) is 0. The molecular weight excluding hydrogens is 364 g/mol. The molecule has 0 aliphatic heterocycles. The maximum Gasteiger partial charge on any atom is 0.282 e. The second-order valence-corrected chi connectivity index (χ2v) is 6.85. The summed E-state index contributed by atoms with van der Waals surface area (Å²) in [4.78, 5) is 4.37. The van der Waals surface area contributed by atoms with Gasteiger partial charge in [0.15, 0.2) is 11.5 Å². The minimum atomic E-state index is 0.211. The number of rotatable bonds is 4. The topological polar surface area (TPSA) is 95.6 Å². The number of benzene rings is 2. The van der Waals surface area contributed by atoms with Gasteiger partial charge in [0.25, 0.3) is 5.89 Å². The fourth-order valence-corrected chi connectivity index (χ4v) is 2.79. The van der Waals surface area contributed by atoms with Crippen molar-refractivity contribution >= 4 is 17.4 Å². The van der Waals surface area contributed by atoms with Crippen molar-refractivity contribution in [2.45, 2.75) is 19.8 Å². The van der Waals surface area contributed by atoms with Crippen molar-refractivity contribution in [1.29, 1.82) is 0 Å². The van der Waals surface area contributed by atoms with Gasteiger partial charge < -0.3 is 10.3 Å². The number of anilines is 1. The molecule has 0 aliphatic rings. The molecule has 136 valence electrons. The summed E-state index contributed by atoms with van der Waals surface area (Å²) in [6.45, 7) is 4.29. The van der Waals surface area contributed by atoms with Gasteiger partial charge in [-0.2, -0.15) is 9.67 Å². The molecule has 8 heteroatoms. The quantitative estimate of drug-likeness (QED) is 0.565. The average Bonchev–Trinajstić information content (AvgIpc) is 3.29. The van der Waals surface area contributed by atoms with Crippen LogP contribution in [0.2, 0.25) is 5.02 Å². The zero-order valence-electron chi connectivity index (χ0n) is 14.8. The minimum absolute atomic E-state index is 0.211. The van der Waals surface area contributed by atoms with Crippen LogP contribution in [0.3, 0.4) is 0 Å². The van der Waals surface area contributed by atoms with Crippen molar-refractivity contribution in [3.63, 3.8) is 0 Å². The van der Waals surface area contributed by atoms with Crippen molar-refractivity contribution in [1.82, 2.24) is 25.1 Å². The third-order valence-electron chi connectivity index (χ3n) is 4.24. The zero-order valence-corrected chi connectivity index (χ0v) is 15.6. The van der Waals surface area contributed by atoms with E-state index >= 15 is 0 Å². The van der Waals surface area contributed by atoms with Crippen LogP contribution in [0.25, 0.3) is 28.7 Å². The molecule has 0 unspecified atom stereocenters. The molecule has 0 fully saturated rings. The lowest BCUT2D eigenvalue weighted by Crippen LogP contribution is -2.02. The van der Waals surface area contributed by atoms with Crippen LogP contribution in [-0.2, 0) is 0 Å². The SMILES string of the molecule is CC(C)c1ccc(-n2nnc(-c3nc(-c4ccc(Cl)cc4)no3)c2N)cc1. The standard InChI is InChI=1S/C19H17ClN6O/c1-11(2)12-5-9-15(10-6-12)26-17(21)16(23-25-26)19-22-18(24-27-19)13-3-7-14(20)8-4-13/h3-11H,21H2,1-2H3. The van der Waals surface area contributed by atoms with Gasteiger partial charge in [0.2, 0.25) is 5.82 Å². The van der Waals surface area contributed by atoms with Gasteiger partial charge in [-0.05, 0) is 47.9 Å². The van der Waals surface area contributed by atoms with E-state index in [0.717, 1.165) is 11.3 Å². The summed E-state index contributed by atoms with van der Waals surface area (Å²) in [6, 6.07) is 15.2. The molecule has 0 aliphatic carbocycles. The fourth-order valence-electron chi connectivity index (χ4n) is 2.67. The molecule has 0 atom stereocenters. The maximum absolute atomic E-state index is 6.23. The number of nitrogen functional groups attached to an aromatic ring is 1. The van der Waals surface area contributed by atoms with Crippen LogP contribution in [0.1, 0.15) is 25.3 Å². The highest BCUT2D eigenvalue weighted by Crippen LogP contribution is 2.27. The molecule has 4 aromatic rings. The molecule has 0 radical (unpaired) electrons. The average molecular weight is 381 g/mol. The lowest BCUT2D eigenvalue weighted by atomic mass is 10.0. The molecule has 27 heavy (non-hydrogen) atoms. The largest absolute Gasteiger partial charge is 0.382 e. The van der Waals surface area contributed by atoms with E-state index in [-0.39, 0.29) is 5.89 Å². The monoisotopic (exact) mass is 380 g/mol. The van der Waals surface area contributed by atoms with Gasteiger partial charge in [0.1, 0.15) is 0 Å². The number of halogens is 1. The molecule has 0 amide bonds. The highest BCUT2D eigenvalue weighted by Gasteiger charge is 2.20. The lowest BCUT2D eigenvalue weighted by molar-refractivity contribution is 0.431. The normalized spacial score (nSPS) is 11.3. The van der Waals surface area contributed by atoms with Crippen molar-refractivity contribution in [3.8, 4) is 28.7 Å². The van der Waals surface area contributed by atoms with E-state index in [1.807, 2.05) is 36.4 Å². The lowest BCUT2D eigenvalue weighted by Gasteiger charge is -2.07. The highest BCUT2D eigenvalue weighted by molar-refractivity contribution is 6.30. The van der Waals surface area contributed by atoms with E-state index in [1.165, 1.54) is 5.56 Å². The molecule has 4 rings (SSSR count). The summed E-state index contributed by atoms with van der Waals surface area (Å²) in [7, 11) is 0. The van der Waals surface area contributed by atoms with Crippen LogP contribution in [0, 0.1) is 0 Å². The molecule has 2 aromatic carbocycles. The van der Waals surface area contributed by atoms with Gasteiger partial charge >= 0.3 is 0 Å². The Morgan fingerprint density at radius 3 is 2.41 bits per heavy atom. The van der Waals surface area contributed by atoms with Crippen LogP contribution in [0.4, 0.5) is 5.82 Å². The van der Waals surface area contributed by atoms with Crippen LogP contribution in [0.15, 0.2) is 53.1 Å². The Morgan fingerprint density at radius 2 is 1.74 bits per heavy atom. The first-order valence-electron chi connectivity index (χ1n) is 8.44. The van der Waals surface area contributed by atoms with Gasteiger partial charge in [-0.3, -0.25) is 0 Å². The van der Waals surface area contributed by atoms with E-state index < -0.39 is 0 Å². The Bertz CT molecular complexity index is 1070. The molecule has 0 bridgehead atoms. The third kappa shape index (κ3) is 3.29. The smallest absolute Gasteiger partial charge is 0.282 e. The number of nitrogens with two attached hydrogens (primary N) is 1. The van der Waals surface area contributed by atoms with Crippen molar-refractivity contribution < 1.29 is 4.52 Å². The fraction of sp³-hybridized carbons (Fsp3) is 0.158. The summed E-state index contributed by atoms with van der Waals surface area (Å²) < 4.78 is 6.87. The van der Waals surface area contributed by atoms with Gasteiger partial charge in [0, 0.05) is 10.6 Å². The van der Waals surface area contributed by atoms with E-state index in [9.17, 15) is 0 Å². The molecule has 0 saturated carbocycles. The second kappa shape index (κ2) is 6.85. The van der Waals surface area contributed by atoms with Gasteiger partial charge in [-0.25, -0.2) is 0 Å². The van der Waals surface area contributed by atoms with Crippen molar-refractivity contribution in [2.75, 3.05) is 5.73 Å². The Hall–Kier alpha value is -3.19. The third-order valence-corrected chi connectivity index (χ3v) is 4.49.